The monoisotopic (exact) mass is 381 g/mol. The third-order valence-corrected chi connectivity index (χ3v) is 5.38. The number of hydrogen-bond acceptors (Lipinski definition) is 3. The van der Waals surface area contributed by atoms with Crippen LogP contribution in [0.3, 0.4) is 0 Å². The van der Waals surface area contributed by atoms with Gasteiger partial charge in [0.05, 0.1) is 0 Å². The van der Waals surface area contributed by atoms with Crippen molar-refractivity contribution in [3.05, 3.63) is 0 Å². The van der Waals surface area contributed by atoms with Gasteiger partial charge in [-0.25, -0.2) is 0 Å². The second-order valence-corrected chi connectivity index (χ2v) is 7.72. The van der Waals surface area contributed by atoms with Gasteiger partial charge in [0.15, 0.2) is 0 Å². The van der Waals surface area contributed by atoms with Crippen molar-refractivity contribution in [1.82, 2.24) is 10.2 Å². The van der Waals surface area contributed by atoms with Gasteiger partial charge in [-0.05, 0) is 25.7 Å². The molecule has 156 valence electrons. The molecule has 1 saturated heterocycles. The van der Waals surface area contributed by atoms with Crippen LogP contribution in [0.5, 0.6) is 0 Å². The van der Waals surface area contributed by atoms with Gasteiger partial charge in [0.1, 0.15) is 12.1 Å². The minimum absolute atomic E-state index is 0.0487. The molecular weight excluding hydrogens is 342 g/mol. The predicted molar refractivity (Wildman–Crippen MR) is 108 cm³/mol. The zero-order valence-electron chi connectivity index (χ0n) is 17.3. The number of carbonyl (C=O) groups excluding carboxylic acids is 3. The Morgan fingerprint density at radius 1 is 1.00 bits per heavy atom. The number of rotatable bonds is 14. The van der Waals surface area contributed by atoms with E-state index in [1.165, 1.54) is 19.3 Å². The summed E-state index contributed by atoms with van der Waals surface area (Å²) in [6.07, 6.45) is 12.2. The molecule has 1 fully saturated rings. The lowest BCUT2D eigenvalue weighted by Gasteiger charge is -2.26. The molecule has 0 aromatic heterocycles. The van der Waals surface area contributed by atoms with Crippen molar-refractivity contribution in [2.75, 3.05) is 6.54 Å². The van der Waals surface area contributed by atoms with Gasteiger partial charge in [-0.15, -0.1) is 0 Å². The summed E-state index contributed by atoms with van der Waals surface area (Å²) in [4.78, 5) is 38.5. The fourth-order valence-corrected chi connectivity index (χ4v) is 3.69. The van der Waals surface area contributed by atoms with Crippen molar-refractivity contribution in [3.63, 3.8) is 0 Å². The molecule has 0 saturated carbocycles. The molecule has 1 rings (SSSR count). The Morgan fingerprint density at radius 2 is 1.63 bits per heavy atom. The number of likely N-dealkylation sites (tertiary alicyclic amines) is 1. The van der Waals surface area contributed by atoms with Crippen molar-refractivity contribution < 1.29 is 14.4 Å². The van der Waals surface area contributed by atoms with Crippen molar-refractivity contribution in [3.8, 4) is 0 Å². The lowest BCUT2D eigenvalue weighted by Crippen LogP contribution is -2.52. The first-order valence-electron chi connectivity index (χ1n) is 10.9. The van der Waals surface area contributed by atoms with E-state index in [0.29, 0.717) is 25.8 Å². The zero-order chi connectivity index (χ0) is 20.1. The first-order chi connectivity index (χ1) is 13.0. The molecule has 3 amide bonds. The summed E-state index contributed by atoms with van der Waals surface area (Å²) in [5.74, 6) is -0.672. The second kappa shape index (κ2) is 13.6. The van der Waals surface area contributed by atoms with E-state index in [1.54, 1.807) is 4.90 Å². The van der Waals surface area contributed by atoms with E-state index in [0.717, 1.165) is 44.9 Å². The van der Waals surface area contributed by atoms with Gasteiger partial charge in [0, 0.05) is 13.0 Å². The summed E-state index contributed by atoms with van der Waals surface area (Å²) in [5, 5.41) is 2.81. The highest BCUT2D eigenvalue weighted by Gasteiger charge is 2.35. The summed E-state index contributed by atoms with van der Waals surface area (Å²) in [7, 11) is 0. The Kier molecular flexibility index (Phi) is 11.8. The van der Waals surface area contributed by atoms with Gasteiger partial charge in [0.25, 0.3) is 0 Å². The maximum absolute atomic E-state index is 12.7. The van der Waals surface area contributed by atoms with Crippen LogP contribution in [-0.2, 0) is 14.4 Å². The number of unbranched alkanes of at least 4 members (excludes halogenated alkanes) is 7. The van der Waals surface area contributed by atoms with Crippen LogP contribution in [0.4, 0.5) is 0 Å². The fraction of sp³-hybridized carbons (Fsp3) is 0.857. The van der Waals surface area contributed by atoms with Crippen molar-refractivity contribution in [2.45, 2.75) is 109 Å². The second-order valence-electron chi connectivity index (χ2n) is 7.72. The molecule has 1 aliphatic rings. The largest absolute Gasteiger partial charge is 0.368 e. The molecule has 0 aliphatic carbocycles. The number of carbonyl (C=O) groups is 3. The first-order valence-corrected chi connectivity index (χ1v) is 10.9. The Labute approximate surface area is 164 Å². The van der Waals surface area contributed by atoms with Crippen molar-refractivity contribution in [2.24, 2.45) is 5.73 Å². The van der Waals surface area contributed by atoms with Crippen LogP contribution in [0.15, 0.2) is 0 Å². The Bertz CT molecular complexity index is 468. The lowest BCUT2D eigenvalue weighted by molar-refractivity contribution is -0.139. The van der Waals surface area contributed by atoms with Crippen LogP contribution in [-0.4, -0.2) is 41.2 Å². The van der Waals surface area contributed by atoms with Crippen LogP contribution in [0.2, 0.25) is 0 Å². The number of primary amides is 1. The minimum atomic E-state index is -0.638. The van der Waals surface area contributed by atoms with E-state index in [2.05, 4.69) is 19.2 Å². The molecular formula is C21H39N3O3. The number of amides is 3. The molecule has 0 bridgehead atoms. The summed E-state index contributed by atoms with van der Waals surface area (Å²) in [6, 6.07) is -1.09. The van der Waals surface area contributed by atoms with E-state index in [-0.39, 0.29) is 11.8 Å². The molecule has 27 heavy (non-hydrogen) atoms. The normalized spacial score (nSPS) is 17.7. The smallest absolute Gasteiger partial charge is 0.243 e. The van der Waals surface area contributed by atoms with Gasteiger partial charge in [0.2, 0.25) is 17.7 Å². The molecule has 2 atom stereocenters. The average molecular weight is 382 g/mol. The Hall–Kier alpha value is -1.59. The molecule has 6 nitrogen and oxygen atoms in total. The van der Waals surface area contributed by atoms with E-state index in [4.69, 9.17) is 5.73 Å². The topological polar surface area (TPSA) is 92.5 Å². The molecule has 6 heteroatoms. The zero-order valence-corrected chi connectivity index (χ0v) is 17.3. The van der Waals surface area contributed by atoms with Crippen LogP contribution in [0, 0.1) is 0 Å². The Balaban J connectivity index is 2.46. The van der Waals surface area contributed by atoms with Crippen molar-refractivity contribution in [1.29, 1.82) is 0 Å². The maximum atomic E-state index is 12.7. The highest BCUT2D eigenvalue weighted by atomic mass is 16.2. The SMILES string of the molecule is CCCCCCCCC(NC(=O)C1CCCN1C(=O)CCCCC)C(N)=O. The number of nitrogens with zero attached hydrogens (tertiary/aromatic N) is 1. The van der Waals surface area contributed by atoms with E-state index in [1.807, 2.05) is 0 Å². The van der Waals surface area contributed by atoms with E-state index < -0.39 is 18.0 Å². The van der Waals surface area contributed by atoms with Gasteiger partial charge in [-0.2, -0.15) is 0 Å². The van der Waals surface area contributed by atoms with Crippen LogP contribution in [0.25, 0.3) is 0 Å². The van der Waals surface area contributed by atoms with Crippen LogP contribution in [0.1, 0.15) is 97.3 Å². The lowest BCUT2D eigenvalue weighted by atomic mass is 10.0. The van der Waals surface area contributed by atoms with Gasteiger partial charge < -0.3 is 16.0 Å². The first kappa shape index (κ1) is 23.4. The highest BCUT2D eigenvalue weighted by Crippen LogP contribution is 2.20. The van der Waals surface area contributed by atoms with E-state index in [9.17, 15) is 14.4 Å². The quantitative estimate of drug-likeness (QED) is 0.452. The molecule has 1 heterocycles. The average Bonchev–Trinajstić information content (AvgIpc) is 3.13. The van der Waals surface area contributed by atoms with Gasteiger partial charge in [-0.3, -0.25) is 14.4 Å². The van der Waals surface area contributed by atoms with Crippen LogP contribution >= 0.6 is 0 Å². The molecule has 0 radical (unpaired) electrons. The van der Waals surface area contributed by atoms with Gasteiger partial charge in [-0.1, -0.05) is 65.2 Å². The third kappa shape index (κ3) is 8.76. The minimum Gasteiger partial charge on any atom is -0.368 e. The van der Waals surface area contributed by atoms with E-state index >= 15 is 0 Å². The number of nitrogens with one attached hydrogen (secondary N) is 1. The Morgan fingerprint density at radius 3 is 2.30 bits per heavy atom. The van der Waals surface area contributed by atoms with Crippen molar-refractivity contribution >= 4 is 17.7 Å². The highest BCUT2D eigenvalue weighted by molar-refractivity contribution is 5.91. The number of nitrogens with two attached hydrogens (primary N) is 1. The molecule has 3 N–H and O–H groups in total. The molecule has 0 aromatic carbocycles. The summed E-state index contributed by atoms with van der Waals surface area (Å²) in [6.45, 7) is 4.91. The third-order valence-electron chi connectivity index (χ3n) is 5.38. The van der Waals surface area contributed by atoms with Crippen LogP contribution < -0.4 is 11.1 Å². The number of hydrogen-bond donors (Lipinski definition) is 2. The molecule has 0 aromatic rings. The molecule has 2 unspecified atom stereocenters. The summed E-state index contributed by atoms with van der Waals surface area (Å²) >= 11 is 0. The molecule has 1 aliphatic heterocycles. The summed E-state index contributed by atoms with van der Waals surface area (Å²) < 4.78 is 0. The fourth-order valence-electron chi connectivity index (χ4n) is 3.69. The van der Waals surface area contributed by atoms with Gasteiger partial charge >= 0.3 is 0 Å². The molecule has 0 spiro atoms. The standard InChI is InChI=1S/C21H39N3O3/c1-3-5-7-8-9-11-13-17(20(22)26)23-21(27)18-14-12-16-24(18)19(25)15-10-6-4-2/h17-18H,3-16H2,1-2H3,(H2,22,26)(H,23,27). The maximum Gasteiger partial charge on any atom is 0.243 e. The summed E-state index contributed by atoms with van der Waals surface area (Å²) in [5.41, 5.74) is 5.49. The predicted octanol–water partition coefficient (Wildman–Crippen LogP) is 3.28.